The molecule has 1 spiro atoms. The summed E-state index contributed by atoms with van der Waals surface area (Å²) in [6.07, 6.45) is -3.33. The van der Waals surface area contributed by atoms with Crippen LogP contribution in [0.1, 0.15) is 92.9 Å². The van der Waals surface area contributed by atoms with Gasteiger partial charge in [-0.2, -0.15) is 0 Å². The quantitative estimate of drug-likeness (QED) is 0.234. The summed E-state index contributed by atoms with van der Waals surface area (Å²) >= 11 is 0. The van der Waals surface area contributed by atoms with E-state index in [0.717, 1.165) is 45.1 Å². The van der Waals surface area contributed by atoms with Gasteiger partial charge in [0.15, 0.2) is 18.4 Å². The number of rotatable bonds is 4. The molecule has 290 valence electrons. The van der Waals surface area contributed by atoms with Gasteiger partial charge in [-0.05, 0) is 87.4 Å². The highest BCUT2D eigenvalue weighted by atomic mass is 16.7. The van der Waals surface area contributed by atoms with Gasteiger partial charge in [-0.3, -0.25) is 0 Å². The molecule has 0 aromatic carbocycles. The number of fused-ring (bicyclic) bond motifs is 7. The van der Waals surface area contributed by atoms with E-state index in [4.69, 9.17) is 28.4 Å². The molecule has 7 fully saturated rings. The molecule has 4 heterocycles. The first-order chi connectivity index (χ1) is 24.1. The fourth-order valence-electron chi connectivity index (χ4n) is 12.6. The molecule has 8 rings (SSSR count). The second-order valence-corrected chi connectivity index (χ2v) is 18.3. The van der Waals surface area contributed by atoms with Crippen LogP contribution >= 0.6 is 0 Å². The summed E-state index contributed by atoms with van der Waals surface area (Å²) < 4.78 is 38.5. The maximum atomic E-state index is 11.1. The monoisotopic (exact) mass is 722 g/mol. The number of ether oxygens (including phenoxy) is 6. The average molecular weight is 723 g/mol. The molecular formula is C39H62O12. The summed E-state index contributed by atoms with van der Waals surface area (Å²) in [5, 5.41) is 63.8. The van der Waals surface area contributed by atoms with Crippen LogP contribution in [-0.4, -0.2) is 123 Å². The van der Waals surface area contributed by atoms with Gasteiger partial charge >= 0.3 is 0 Å². The van der Waals surface area contributed by atoms with Crippen molar-refractivity contribution in [3.05, 3.63) is 11.6 Å². The van der Waals surface area contributed by atoms with E-state index in [9.17, 15) is 30.6 Å². The summed E-state index contributed by atoms with van der Waals surface area (Å²) in [4.78, 5) is 0. The Balaban J connectivity index is 1.08. The number of hydrogen-bond acceptors (Lipinski definition) is 12. The van der Waals surface area contributed by atoms with E-state index < -0.39 is 84.8 Å². The zero-order valence-electron chi connectivity index (χ0n) is 31.0. The lowest BCUT2D eigenvalue weighted by Crippen LogP contribution is -2.62. The first kappa shape index (κ1) is 37.2. The standard InChI is InChI=1S/C39H62O12/c1-17-9-12-39(46-16-17)18(2)28-26(51-39)15-25-23-8-7-21-13-22(49-35-33(44)31(42)29(40)19(3)47-35)14-27(38(21,6)24(23)10-11-37(25,28)5)50-36-34(45)32(43)30(41)20(4)48-36/h7,17-20,22-36,40-45H,8-16H2,1-6H3/t17-,18-,19-,20+,22+,23+,24-,25-,26-,27+,28-,29-,30-,31-,32+,33-,34-,35-,36-,37-,38-,39+/m0/s1. The second kappa shape index (κ2) is 13.2. The van der Waals surface area contributed by atoms with Crippen LogP contribution in [0.5, 0.6) is 0 Å². The third kappa shape index (κ3) is 5.67. The number of aliphatic hydroxyl groups excluding tert-OH is 6. The van der Waals surface area contributed by atoms with Gasteiger partial charge in [0.25, 0.3) is 0 Å². The van der Waals surface area contributed by atoms with Crippen LogP contribution in [0, 0.1) is 46.3 Å². The molecular weight excluding hydrogens is 660 g/mol. The maximum Gasteiger partial charge on any atom is 0.186 e. The molecule has 4 aliphatic carbocycles. The van der Waals surface area contributed by atoms with Crippen LogP contribution in [0.2, 0.25) is 0 Å². The Kier molecular flexibility index (Phi) is 9.62. The third-order valence-corrected chi connectivity index (χ3v) is 15.6. The minimum Gasteiger partial charge on any atom is -0.388 e. The summed E-state index contributed by atoms with van der Waals surface area (Å²) in [5.41, 5.74) is 0.868. The number of hydrogen-bond donors (Lipinski definition) is 6. The topological polar surface area (TPSA) is 177 Å². The molecule has 0 amide bonds. The number of aliphatic hydroxyl groups is 6. The molecule has 4 saturated heterocycles. The highest BCUT2D eigenvalue weighted by Crippen LogP contribution is 2.71. The van der Waals surface area contributed by atoms with Crippen molar-refractivity contribution in [1.29, 1.82) is 0 Å². The first-order valence-electron chi connectivity index (χ1n) is 19.8. The van der Waals surface area contributed by atoms with Gasteiger partial charge in [-0.15, -0.1) is 0 Å². The molecule has 51 heavy (non-hydrogen) atoms. The Morgan fingerprint density at radius 3 is 2.02 bits per heavy atom. The second-order valence-electron chi connectivity index (χ2n) is 18.3. The van der Waals surface area contributed by atoms with Crippen LogP contribution < -0.4 is 0 Å². The largest absolute Gasteiger partial charge is 0.388 e. The number of allylic oxidation sites excluding steroid dienone is 1. The Labute approximate surface area is 301 Å². The highest BCUT2D eigenvalue weighted by molar-refractivity contribution is 5.29. The van der Waals surface area contributed by atoms with Crippen molar-refractivity contribution in [2.75, 3.05) is 6.61 Å². The van der Waals surface area contributed by atoms with Crippen LogP contribution in [-0.2, 0) is 28.4 Å². The predicted molar refractivity (Wildman–Crippen MR) is 182 cm³/mol. The maximum absolute atomic E-state index is 11.1. The Morgan fingerprint density at radius 1 is 0.745 bits per heavy atom. The van der Waals surface area contributed by atoms with E-state index in [1.54, 1.807) is 13.8 Å². The molecule has 0 radical (unpaired) electrons. The van der Waals surface area contributed by atoms with Crippen LogP contribution in [0.3, 0.4) is 0 Å². The van der Waals surface area contributed by atoms with E-state index in [0.29, 0.717) is 42.4 Å². The van der Waals surface area contributed by atoms with Crippen molar-refractivity contribution >= 4 is 0 Å². The van der Waals surface area contributed by atoms with Crippen molar-refractivity contribution in [2.45, 2.75) is 178 Å². The highest BCUT2D eigenvalue weighted by Gasteiger charge is 2.69. The molecule has 0 aromatic rings. The zero-order valence-corrected chi connectivity index (χ0v) is 31.0. The van der Waals surface area contributed by atoms with Gasteiger partial charge in [0.2, 0.25) is 0 Å². The lowest BCUT2D eigenvalue weighted by molar-refractivity contribution is -0.329. The molecule has 6 N–H and O–H groups in total. The summed E-state index contributed by atoms with van der Waals surface area (Å²) in [5.74, 6) is 1.99. The van der Waals surface area contributed by atoms with Gasteiger partial charge < -0.3 is 59.1 Å². The smallest absolute Gasteiger partial charge is 0.186 e. The predicted octanol–water partition coefficient (Wildman–Crippen LogP) is 2.39. The summed E-state index contributed by atoms with van der Waals surface area (Å²) in [6.45, 7) is 13.4. The van der Waals surface area contributed by atoms with E-state index in [-0.39, 0.29) is 17.4 Å². The average Bonchev–Trinajstić information content (AvgIpc) is 3.55. The first-order valence-corrected chi connectivity index (χ1v) is 19.8. The fourth-order valence-corrected chi connectivity index (χ4v) is 12.6. The lowest BCUT2D eigenvalue weighted by atomic mass is 9.46. The molecule has 0 bridgehead atoms. The minimum atomic E-state index is -1.45. The van der Waals surface area contributed by atoms with Gasteiger partial charge in [0.1, 0.15) is 36.6 Å². The van der Waals surface area contributed by atoms with Crippen molar-refractivity contribution < 1.29 is 59.1 Å². The van der Waals surface area contributed by atoms with Crippen LogP contribution in [0.25, 0.3) is 0 Å². The van der Waals surface area contributed by atoms with E-state index >= 15 is 0 Å². The van der Waals surface area contributed by atoms with Crippen molar-refractivity contribution in [3.63, 3.8) is 0 Å². The Morgan fingerprint density at radius 2 is 1.39 bits per heavy atom. The SMILES string of the molecule is C[C@H]1CC[C@@]2(OC1)O[C@H]1C[C@H]3[C@@H]4CC=C5C[C@@H](O[C@@H]6O[C@@H](C)[C@H](O)[C@H](O)[C@@H]6O)C[C@@H](O[C@@H]6O[C@H](C)[C@H](O)[C@@H](O)[C@@H]6O)[C@]5(C)[C@H]4CC[C@]3(C)[C@H]1[C@@H]2C. The molecule has 4 aliphatic heterocycles. The molecule has 0 aromatic heterocycles. The molecule has 0 unspecified atom stereocenters. The molecule has 22 atom stereocenters. The minimum absolute atomic E-state index is 0.119. The van der Waals surface area contributed by atoms with Crippen LogP contribution in [0.15, 0.2) is 11.6 Å². The Hall–Kier alpha value is -0.740. The van der Waals surface area contributed by atoms with Crippen molar-refractivity contribution in [1.82, 2.24) is 0 Å². The van der Waals surface area contributed by atoms with Gasteiger partial charge in [0, 0.05) is 24.2 Å². The molecule has 3 saturated carbocycles. The molecule has 12 heteroatoms. The third-order valence-electron chi connectivity index (χ3n) is 15.6. The molecule has 8 aliphatic rings. The van der Waals surface area contributed by atoms with Crippen molar-refractivity contribution in [2.24, 2.45) is 46.3 Å². The Bertz CT molecular complexity index is 1320. The van der Waals surface area contributed by atoms with Gasteiger partial charge in [-0.1, -0.05) is 39.3 Å². The molecule has 12 nitrogen and oxygen atoms in total. The van der Waals surface area contributed by atoms with Gasteiger partial charge in [-0.25, -0.2) is 0 Å². The van der Waals surface area contributed by atoms with Crippen LogP contribution in [0.4, 0.5) is 0 Å². The summed E-state index contributed by atoms with van der Waals surface area (Å²) in [6, 6.07) is 0. The summed E-state index contributed by atoms with van der Waals surface area (Å²) in [7, 11) is 0. The van der Waals surface area contributed by atoms with Gasteiger partial charge in [0.05, 0.1) is 37.1 Å². The zero-order chi connectivity index (χ0) is 36.4. The normalized spacial score (nSPS) is 59.8. The fraction of sp³-hybridized carbons (Fsp3) is 0.949. The van der Waals surface area contributed by atoms with E-state index in [1.807, 2.05) is 0 Å². The lowest BCUT2D eigenvalue weighted by Gasteiger charge is -2.61. The van der Waals surface area contributed by atoms with E-state index in [2.05, 4.69) is 33.8 Å². The van der Waals surface area contributed by atoms with E-state index in [1.165, 1.54) is 5.57 Å². The van der Waals surface area contributed by atoms with Crippen molar-refractivity contribution in [3.8, 4) is 0 Å².